The van der Waals surface area contributed by atoms with Gasteiger partial charge in [-0.2, -0.15) is 0 Å². The van der Waals surface area contributed by atoms with Crippen molar-refractivity contribution >= 4 is 28.5 Å². The number of nitrogens with zero attached hydrogens (tertiary/aromatic N) is 3. The molecule has 2 aromatic heterocycles. The van der Waals surface area contributed by atoms with Gasteiger partial charge < -0.3 is 20.7 Å². The predicted molar refractivity (Wildman–Crippen MR) is 112 cm³/mol. The summed E-state index contributed by atoms with van der Waals surface area (Å²) in [5, 5.41) is 14.3. The molecule has 0 atom stereocenters. The summed E-state index contributed by atoms with van der Waals surface area (Å²) >= 11 is 5.93. The molecular formula is C21H19ClFN5O. The van der Waals surface area contributed by atoms with Gasteiger partial charge in [0.1, 0.15) is 29.4 Å². The van der Waals surface area contributed by atoms with Crippen LogP contribution in [0.2, 0.25) is 5.02 Å². The second-order valence-electron chi connectivity index (χ2n) is 6.66. The number of aromatic hydroxyl groups is 1. The third-order valence-electron chi connectivity index (χ3n) is 4.71. The Hall–Kier alpha value is -3.16. The number of aromatic nitrogens is 3. The molecule has 0 amide bonds. The van der Waals surface area contributed by atoms with E-state index in [2.05, 4.69) is 15.3 Å². The van der Waals surface area contributed by atoms with Crippen molar-refractivity contribution in [2.45, 2.75) is 13.1 Å². The monoisotopic (exact) mass is 411 g/mol. The molecule has 0 fully saturated rings. The van der Waals surface area contributed by atoms with Crippen LogP contribution >= 0.6 is 11.6 Å². The quantitative estimate of drug-likeness (QED) is 0.418. The zero-order valence-electron chi connectivity index (χ0n) is 15.4. The summed E-state index contributed by atoms with van der Waals surface area (Å²) < 4.78 is 15.0. The molecule has 0 bridgehead atoms. The number of hydrogen-bond donors (Lipinski definition) is 3. The molecule has 0 spiro atoms. The second-order valence-corrected chi connectivity index (χ2v) is 7.07. The molecule has 4 rings (SSSR count). The number of rotatable bonds is 6. The Balaban J connectivity index is 1.57. The molecule has 0 aliphatic rings. The standard InChI is InChI=1S/C21H19ClFN5O/c22-17-6-3-14(9-18(17)29)16-11-28(21-19(16)20(24)26-12-27-21)8-7-25-10-13-1-4-15(23)5-2-13/h1-6,9,11-12,25,29H,7-8,10H2,(H2,24,26,27). The normalized spacial score (nSPS) is 11.2. The first-order valence-corrected chi connectivity index (χ1v) is 9.44. The summed E-state index contributed by atoms with van der Waals surface area (Å²) in [6, 6.07) is 11.5. The molecule has 4 aromatic rings. The zero-order valence-corrected chi connectivity index (χ0v) is 16.2. The first kappa shape index (κ1) is 19.2. The van der Waals surface area contributed by atoms with Crippen LogP contribution in [0.4, 0.5) is 10.2 Å². The third kappa shape index (κ3) is 4.01. The molecule has 2 aromatic carbocycles. The Morgan fingerprint density at radius 3 is 2.69 bits per heavy atom. The summed E-state index contributed by atoms with van der Waals surface area (Å²) in [5.74, 6) is 0.129. The maximum Gasteiger partial charge on any atom is 0.146 e. The predicted octanol–water partition coefficient (Wildman–Crippen LogP) is 3.97. The van der Waals surface area contributed by atoms with Gasteiger partial charge in [-0.1, -0.05) is 29.8 Å². The lowest BCUT2D eigenvalue weighted by Gasteiger charge is -2.07. The summed E-state index contributed by atoms with van der Waals surface area (Å²) in [4.78, 5) is 8.50. The van der Waals surface area contributed by atoms with Gasteiger partial charge in [-0.15, -0.1) is 0 Å². The number of anilines is 1. The smallest absolute Gasteiger partial charge is 0.146 e. The van der Waals surface area contributed by atoms with Crippen LogP contribution in [0.25, 0.3) is 22.2 Å². The Labute approximate surface area is 171 Å². The third-order valence-corrected chi connectivity index (χ3v) is 5.03. The van der Waals surface area contributed by atoms with Crippen molar-refractivity contribution in [2.75, 3.05) is 12.3 Å². The van der Waals surface area contributed by atoms with Crippen LogP contribution in [0.3, 0.4) is 0 Å². The number of benzene rings is 2. The molecule has 0 saturated carbocycles. The Kier molecular flexibility index (Phi) is 5.33. The summed E-state index contributed by atoms with van der Waals surface area (Å²) in [6.45, 7) is 1.96. The minimum Gasteiger partial charge on any atom is -0.506 e. The number of phenolic OH excluding ortho intramolecular Hbond substituents is 1. The fraction of sp³-hybridized carbons (Fsp3) is 0.143. The molecule has 4 N–H and O–H groups in total. The van der Waals surface area contributed by atoms with Crippen molar-refractivity contribution in [3.63, 3.8) is 0 Å². The second kappa shape index (κ2) is 8.06. The van der Waals surface area contributed by atoms with Crippen LogP contribution in [-0.2, 0) is 13.1 Å². The molecule has 0 saturated heterocycles. The minimum atomic E-state index is -0.245. The Morgan fingerprint density at radius 2 is 1.93 bits per heavy atom. The van der Waals surface area contributed by atoms with Gasteiger partial charge in [-0.05, 0) is 35.4 Å². The lowest BCUT2D eigenvalue weighted by Crippen LogP contribution is -2.19. The zero-order chi connectivity index (χ0) is 20.4. The van der Waals surface area contributed by atoms with Crippen LogP contribution in [0.1, 0.15) is 5.56 Å². The number of nitrogens with one attached hydrogen (secondary N) is 1. The Morgan fingerprint density at radius 1 is 1.14 bits per heavy atom. The van der Waals surface area contributed by atoms with Crippen molar-refractivity contribution in [1.29, 1.82) is 0 Å². The lowest BCUT2D eigenvalue weighted by atomic mass is 10.1. The van der Waals surface area contributed by atoms with Gasteiger partial charge in [0.05, 0.1) is 10.4 Å². The molecule has 0 radical (unpaired) electrons. The van der Waals surface area contributed by atoms with Crippen molar-refractivity contribution in [1.82, 2.24) is 19.9 Å². The molecule has 0 aliphatic carbocycles. The van der Waals surface area contributed by atoms with Crippen LogP contribution < -0.4 is 11.1 Å². The molecule has 0 unspecified atom stereocenters. The maximum atomic E-state index is 13.0. The maximum absolute atomic E-state index is 13.0. The van der Waals surface area contributed by atoms with E-state index in [9.17, 15) is 9.50 Å². The van der Waals surface area contributed by atoms with Gasteiger partial charge in [0.2, 0.25) is 0 Å². The van der Waals surface area contributed by atoms with E-state index in [-0.39, 0.29) is 16.6 Å². The summed E-state index contributed by atoms with van der Waals surface area (Å²) in [7, 11) is 0. The largest absolute Gasteiger partial charge is 0.506 e. The highest BCUT2D eigenvalue weighted by molar-refractivity contribution is 6.32. The average Bonchev–Trinajstić information content (AvgIpc) is 3.09. The van der Waals surface area contributed by atoms with E-state index in [1.165, 1.54) is 18.5 Å². The SMILES string of the molecule is Nc1ncnc2c1c(-c1ccc(Cl)c(O)c1)cn2CCNCc1ccc(F)cc1. The lowest BCUT2D eigenvalue weighted by molar-refractivity contribution is 0.476. The van der Waals surface area contributed by atoms with E-state index >= 15 is 0 Å². The van der Waals surface area contributed by atoms with E-state index in [4.69, 9.17) is 17.3 Å². The molecule has 6 nitrogen and oxygen atoms in total. The van der Waals surface area contributed by atoms with Crippen LogP contribution in [0.15, 0.2) is 55.0 Å². The van der Waals surface area contributed by atoms with Crippen molar-refractivity contribution in [2.24, 2.45) is 0 Å². The highest BCUT2D eigenvalue weighted by atomic mass is 35.5. The van der Waals surface area contributed by atoms with Crippen LogP contribution in [0, 0.1) is 5.82 Å². The molecular weight excluding hydrogens is 393 g/mol. The number of nitrogen functional groups attached to an aromatic ring is 1. The minimum absolute atomic E-state index is 0.00134. The number of halogens is 2. The van der Waals surface area contributed by atoms with Crippen LogP contribution in [0.5, 0.6) is 5.75 Å². The highest BCUT2D eigenvalue weighted by Crippen LogP contribution is 2.36. The first-order chi connectivity index (χ1) is 14.0. The van der Waals surface area contributed by atoms with Crippen molar-refractivity contribution in [3.8, 4) is 16.9 Å². The number of fused-ring (bicyclic) bond motifs is 1. The molecule has 29 heavy (non-hydrogen) atoms. The van der Waals surface area contributed by atoms with Gasteiger partial charge in [0, 0.05) is 31.4 Å². The Bertz CT molecular complexity index is 1160. The molecule has 8 heteroatoms. The van der Waals surface area contributed by atoms with Crippen molar-refractivity contribution < 1.29 is 9.50 Å². The van der Waals surface area contributed by atoms with E-state index in [1.807, 2.05) is 16.8 Å². The first-order valence-electron chi connectivity index (χ1n) is 9.06. The topological polar surface area (TPSA) is 89.0 Å². The van der Waals surface area contributed by atoms with Crippen LogP contribution in [-0.4, -0.2) is 26.2 Å². The van der Waals surface area contributed by atoms with E-state index < -0.39 is 0 Å². The van der Waals surface area contributed by atoms with E-state index in [1.54, 1.807) is 24.3 Å². The number of nitrogens with two attached hydrogens (primary N) is 1. The molecule has 2 heterocycles. The van der Waals surface area contributed by atoms with E-state index in [0.29, 0.717) is 31.1 Å². The fourth-order valence-electron chi connectivity index (χ4n) is 3.25. The van der Waals surface area contributed by atoms with Gasteiger partial charge >= 0.3 is 0 Å². The fourth-order valence-corrected chi connectivity index (χ4v) is 3.37. The number of phenols is 1. The average molecular weight is 412 g/mol. The number of hydrogen-bond acceptors (Lipinski definition) is 5. The van der Waals surface area contributed by atoms with Gasteiger partial charge in [-0.25, -0.2) is 14.4 Å². The van der Waals surface area contributed by atoms with Gasteiger partial charge in [-0.3, -0.25) is 0 Å². The summed E-state index contributed by atoms with van der Waals surface area (Å²) in [6.07, 6.45) is 3.38. The van der Waals surface area contributed by atoms with E-state index in [0.717, 1.165) is 22.1 Å². The molecule has 0 aliphatic heterocycles. The van der Waals surface area contributed by atoms with Gasteiger partial charge in [0.15, 0.2) is 0 Å². The highest BCUT2D eigenvalue weighted by Gasteiger charge is 2.15. The van der Waals surface area contributed by atoms with Crippen molar-refractivity contribution in [3.05, 3.63) is 71.4 Å². The summed E-state index contributed by atoms with van der Waals surface area (Å²) in [5.41, 5.74) is 9.44. The molecule has 148 valence electrons. The van der Waals surface area contributed by atoms with Gasteiger partial charge in [0.25, 0.3) is 0 Å².